The Morgan fingerprint density at radius 2 is 1.75 bits per heavy atom. The molecule has 0 aliphatic carbocycles. The van der Waals surface area contributed by atoms with Gasteiger partial charge in [-0.1, -0.05) is 31.2 Å². The van der Waals surface area contributed by atoms with Gasteiger partial charge in [0.05, 0.1) is 13.2 Å². The molecule has 20 heavy (non-hydrogen) atoms. The lowest BCUT2D eigenvalue weighted by Gasteiger charge is -2.10. The number of fused-ring (bicyclic) bond motifs is 1. The molecule has 3 heteroatoms. The van der Waals surface area contributed by atoms with Crippen molar-refractivity contribution < 1.29 is 9.47 Å². The molecule has 0 bridgehead atoms. The van der Waals surface area contributed by atoms with Gasteiger partial charge < -0.3 is 15.2 Å². The van der Waals surface area contributed by atoms with Crippen molar-refractivity contribution in [2.24, 2.45) is 11.7 Å². The molecule has 2 N–H and O–H groups in total. The van der Waals surface area contributed by atoms with Crippen LogP contribution in [0.2, 0.25) is 0 Å². The van der Waals surface area contributed by atoms with Crippen LogP contribution < -0.4 is 15.2 Å². The van der Waals surface area contributed by atoms with Gasteiger partial charge >= 0.3 is 0 Å². The van der Waals surface area contributed by atoms with E-state index in [-0.39, 0.29) is 0 Å². The molecule has 0 amide bonds. The third kappa shape index (κ3) is 2.63. The first kappa shape index (κ1) is 13.0. The van der Waals surface area contributed by atoms with Crippen molar-refractivity contribution >= 4 is 0 Å². The van der Waals surface area contributed by atoms with Gasteiger partial charge in [-0.3, -0.25) is 0 Å². The minimum absolute atomic E-state index is 0.409. The molecule has 1 aliphatic rings. The predicted molar refractivity (Wildman–Crippen MR) is 79.9 cm³/mol. The van der Waals surface area contributed by atoms with Crippen LogP contribution in [0.5, 0.6) is 11.5 Å². The fourth-order valence-electron chi connectivity index (χ4n) is 2.31. The first-order chi connectivity index (χ1) is 9.76. The number of ether oxygens (including phenoxy) is 2. The molecule has 0 spiro atoms. The van der Waals surface area contributed by atoms with Crippen molar-refractivity contribution in [3.8, 4) is 22.6 Å². The number of rotatable bonds is 2. The predicted octanol–water partition coefficient (Wildman–Crippen LogP) is 3.22. The van der Waals surface area contributed by atoms with E-state index < -0.39 is 0 Å². The van der Waals surface area contributed by atoms with Gasteiger partial charge in [-0.15, -0.1) is 0 Å². The van der Waals surface area contributed by atoms with Crippen LogP contribution in [0.3, 0.4) is 0 Å². The van der Waals surface area contributed by atoms with Gasteiger partial charge in [-0.05, 0) is 34.9 Å². The van der Waals surface area contributed by atoms with Crippen LogP contribution in [0, 0.1) is 5.92 Å². The van der Waals surface area contributed by atoms with Crippen molar-refractivity contribution in [3.05, 3.63) is 48.0 Å². The van der Waals surface area contributed by atoms with E-state index >= 15 is 0 Å². The lowest BCUT2D eigenvalue weighted by molar-refractivity contribution is 0.228. The first-order valence-corrected chi connectivity index (χ1v) is 6.95. The van der Waals surface area contributed by atoms with E-state index in [1.165, 1.54) is 0 Å². The van der Waals surface area contributed by atoms with Crippen LogP contribution in [-0.2, 0) is 6.54 Å². The largest absolute Gasteiger partial charge is 0.489 e. The lowest BCUT2D eigenvalue weighted by Crippen LogP contribution is -2.12. The zero-order chi connectivity index (χ0) is 13.9. The Hall–Kier alpha value is -2.00. The smallest absolute Gasteiger partial charge is 0.161 e. The molecular weight excluding hydrogens is 250 g/mol. The third-order valence-corrected chi connectivity index (χ3v) is 3.49. The van der Waals surface area contributed by atoms with E-state index in [0.29, 0.717) is 25.7 Å². The molecule has 3 rings (SSSR count). The van der Waals surface area contributed by atoms with E-state index in [2.05, 4.69) is 25.1 Å². The molecular formula is C17H19NO2. The number of nitrogens with two attached hydrogens (primary N) is 1. The molecule has 0 radical (unpaired) electrons. The number of hydrogen-bond acceptors (Lipinski definition) is 3. The molecule has 1 aliphatic heterocycles. The van der Waals surface area contributed by atoms with Crippen molar-refractivity contribution in [2.45, 2.75) is 13.5 Å². The average molecular weight is 269 g/mol. The lowest BCUT2D eigenvalue weighted by atomic mass is 10.0. The highest BCUT2D eigenvalue weighted by molar-refractivity contribution is 5.67. The molecule has 0 saturated heterocycles. The molecule has 2 aromatic carbocycles. The van der Waals surface area contributed by atoms with E-state index in [0.717, 1.165) is 28.2 Å². The zero-order valence-corrected chi connectivity index (χ0v) is 11.6. The maximum Gasteiger partial charge on any atom is 0.161 e. The molecule has 0 aromatic heterocycles. The summed E-state index contributed by atoms with van der Waals surface area (Å²) in [7, 11) is 0. The first-order valence-electron chi connectivity index (χ1n) is 6.95. The fourth-order valence-corrected chi connectivity index (χ4v) is 2.31. The Balaban J connectivity index is 1.95. The van der Waals surface area contributed by atoms with Crippen LogP contribution in [0.1, 0.15) is 12.5 Å². The Bertz CT molecular complexity index is 610. The van der Waals surface area contributed by atoms with Crippen LogP contribution in [0.15, 0.2) is 42.5 Å². The SMILES string of the molecule is CC1COc2ccc(-c3cccc(CN)c3)cc2OC1. The van der Waals surface area contributed by atoms with Crippen molar-refractivity contribution in [1.29, 1.82) is 0 Å². The zero-order valence-electron chi connectivity index (χ0n) is 11.6. The molecule has 2 aromatic rings. The standard InChI is InChI=1S/C17H19NO2/c1-12-10-19-16-6-5-15(8-17(16)20-11-12)14-4-2-3-13(7-14)9-18/h2-8,12H,9-11,18H2,1H3. The second kappa shape index (κ2) is 5.55. The highest BCUT2D eigenvalue weighted by Gasteiger charge is 2.15. The minimum Gasteiger partial charge on any atom is -0.489 e. The topological polar surface area (TPSA) is 44.5 Å². The minimum atomic E-state index is 0.409. The summed E-state index contributed by atoms with van der Waals surface area (Å²) in [5.74, 6) is 2.06. The maximum absolute atomic E-state index is 5.83. The Labute approximate surface area is 119 Å². The molecule has 0 fully saturated rings. The molecule has 1 atom stereocenters. The van der Waals surface area contributed by atoms with Crippen LogP contribution in [0.4, 0.5) is 0 Å². The maximum atomic E-state index is 5.83. The normalized spacial score (nSPS) is 17.6. The van der Waals surface area contributed by atoms with E-state index in [9.17, 15) is 0 Å². The van der Waals surface area contributed by atoms with Crippen LogP contribution in [0.25, 0.3) is 11.1 Å². The van der Waals surface area contributed by atoms with E-state index in [4.69, 9.17) is 15.2 Å². The summed E-state index contributed by atoms with van der Waals surface area (Å²) in [5.41, 5.74) is 9.10. The summed E-state index contributed by atoms with van der Waals surface area (Å²) in [6.07, 6.45) is 0. The summed E-state index contributed by atoms with van der Waals surface area (Å²) in [5, 5.41) is 0. The quantitative estimate of drug-likeness (QED) is 0.910. The molecule has 1 heterocycles. The highest BCUT2D eigenvalue weighted by Crippen LogP contribution is 2.34. The summed E-state index contributed by atoms with van der Waals surface area (Å²) in [6.45, 7) is 4.07. The summed E-state index contributed by atoms with van der Waals surface area (Å²) in [6, 6.07) is 14.4. The second-order valence-corrected chi connectivity index (χ2v) is 5.29. The molecule has 0 saturated carbocycles. The van der Waals surface area contributed by atoms with Crippen LogP contribution in [-0.4, -0.2) is 13.2 Å². The van der Waals surface area contributed by atoms with Gasteiger partial charge in [0, 0.05) is 12.5 Å². The highest BCUT2D eigenvalue weighted by atomic mass is 16.5. The monoisotopic (exact) mass is 269 g/mol. The number of hydrogen-bond donors (Lipinski definition) is 1. The average Bonchev–Trinajstić information content (AvgIpc) is 2.69. The van der Waals surface area contributed by atoms with Gasteiger partial charge in [-0.25, -0.2) is 0 Å². The van der Waals surface area contributed by atoms with Crippen molar-refractivity contribution in [3.63, 3.8) is 0 Å². The molecule has 1 unspecified atom stereocenters. The van der Waals surface area contributed by atoms with E-state index in [1.807, 2.05) is 24.3 Å². The fraction of sp³-hybridized carbons (Fsp3) is 0.294. The molecule has 3 nitrogen and oxygen atoms in total. The Morgan fingerprint density at radius 3 is 2.55 bits per heavy atom. The third-order valence-electron chi connectivity index (χ3n) is 3.49. The van der Waals surface area contributed by atoms with Crippen molar-refractivity contribution in [2.75, 3.05) is 13.2 Å². The Kier molecular flexibility index (Phi) is 3.61. The Morgan fingerprint density at radius 1 is 1.00 bits per heavy atom. The number of benzene rings is 2. The van der Waals surface area contributed by atoms with Gasteiger partial charge in [0.15, 0.2) is 11.5 Å². The molecule has 104 valence electrons. The van der Waals surface area contributed by atoms with Crippen molar-refractivity contribution in [1.82, 2.24) is 0 Å². The summed E-state index contributed by atoms with van der Waals surface area (Å²) >= 11 is 0. The summed E-state index contributed by atoms with van der Waals surface area (Å²) < 4.78 is 11.6. The van der Waals surface area contributed by atoms with Gasteiger partial charge in [0.1, 0.15) is 0 Å². The van der Waals surface area contributed by atoms with Gasteiger partial charge in [-0.2, -0.15) is 0 Å². The summed E-state index contributed by atoms with van der Waals surface area (Å²) in [4.78, 5) is 0. The van der Waals surface area contributed by atoms with Crippen LogP contribution >= 0.6 is 0 Å². The van der Waals surface area contributed by atoms with Gasteiger partial charge in [0.25, 0.3) is 0 Å². The second-order valence-electron chi connectivity index (χ2n) is 5.29. The van der Waals surface area contributed by atoms with Gasteiger partial charge in [0.2, 0.25) is 0 Å². The van der Waals surface area contributed by atoms with E-state index in [1.54, 1.807) is 0 Å².